The summed E-state index contributed by atoms with van der Waals surface area (Å²) < 4.78 is 5.72. The molecule has 23 heavy (non-hydrogen) atoms. The number of ether oxygens (including phenoxy) is 1. The molecule has 1 heterocycles. The van der Waals surface area contributed by atoms with Gasteiger partial charge >= 0.3 is 0 Å². The highest BCUT2D eigenvalue weighted by Crippen LogP contribution is 2.23. The fraction of sp³-hybridized carbons (Fsp3) is 0.278. The summed E-state index contributed by atoms with van der Waals surface area (Å²) in [5, 5.41) is 12.5. The van der Waals surface area contributed by atoms with Crippen molar-refractivity contribution < 1.29 is 14.6 Å². The first-order valence-corrected chi connectivity index (χ1v) is 7.64. The molecule has 1 aliphatic heterocycles. The number of aliphatic hydroxyl groups excluding tert-OH is 1. The molecule has 2 atom stereocenters. The van der Waals surface area contributed by atoms with Crippen LogP contribution in [0.4, 0.5) is 5.69 Å². The highest BCUT2D eigenvalue weighted by molar-refractivity contribution is 5.95. The van der Waals surface area contributed by atoms with E-state index in [4.69, 9.17) is 4.74 Å². The van der Waals surface area contributed by atoms with Gasteiger partial charge in [-0.15, -0.1) is 0 Å². The minimum Gasteiger partial charge on any atom is -0.457 e. The van der Waals surface area contributed by atoms with Crippen LogP contribution < -0.4 is 10.1 Å². The lowest BCUT2D eigenvalue weighted by molar-refractivity contribution is -0.120. The number of anilines is 1. The number of amides is 1. The molecule has 120 valence electrons. The molecule has 1 amide bonds. The molecular formula is C18H20N2O3. The summed E-state index contributed by atoms with van der Waals surface area (Å²) in [4.78, 5) is 14.1. The summed E-state index contributed by atoms with van der Waals surface area (Å²) in [6, 6.07) is 16.5. The SMILES string of the molecule is CN1C[C@@H](O)C[C@H]1C(=O)Nc1ccc(Oc2ccccc2)cc1. The second-order valence-electron chi connectivity index (χ2n) is 5.77. The zero-order chi connectivity index (χ0) is 16.2. The molecule has 3 rings (SSSR count). The molecule has 2 aromatic carbocycles. The van der Waals surface area contributed by atoms with E-state index < -0.39 is 6.10 Å². The number of hydrogen-bond donors (Lipinski definition) is 2. The number of para-hydroxylation sites is 1. The Labute approximate surface area is 135 Å². The molecule has 1 saturated heterocycles. The third-order valence-corrected chi connectivity index (χ3v) is 3.93. The van der Waals surface area contributed by atoms with Crippen LogP contribution in [0.2, 0.25) is 0 Å². The largest absolute Gasteiger partial charge is 0.457 e. The predicted octanol–water partition coefficient (Wildman–Crippen LogP) is 2.48. The molecule has 2 N–H and O–H groups in total. The van der Waals surface area contributed by atoms with E-state index in [0.29, 0.717) is 24.4 Å². The van der Waals surface area contributed by atoms with Gasteiger partial charge in [-0.05, 0) is 49.9 Å². The molecular weight excluding hydrogens is 292 g/mol. The molecule has 1 fully saturated rings. The Morgan fingerprint density at radius 3 is 2.39 bits per heavy atom. The van der Waals surface area contributed by atoms with Crippen molar-refractivity contribution in [3.63, 3.8) is 0 Å². The van der Waals surface area contributed by atoms with Gasteiger partial charge in [-0.2, -0.15) is 0 Å². The highest BCUT2D eigenvalue weighted by Gasteiger charge is 2.33. The average molecular weight is 312 g/mol. The number of nitrogens with one attached hydrogen (secondary N) is 1. The van der Waals surface area contributed by atoms with Gasteiger partial charge in [-0.25, -0.2) is 0 Å². The van der Waals surface area contributed by atoms with E-state index in [1.165, 1.54) is 0 Å². The summed E-state index contributed by atoms with van der Waals surface area (Å²) in [7, 11) is 1.84. The summed E-state index contributed by atoms with van der Waals surface area (Å²) in [5.74, 6) is 1.38. The molecule has 0 saturated carbocycles. The van der Waals surface area contributed by atoms with Crippen LogP contribution in [-0.4, -0.2) is 41.7 Å². The van der Waals surface area contributed by atoms with Gasteiger partial charge in [0.25, 0.3) is 0 Å². The van der Waals surface area contributed by atoms with Crippen LogP contribution in [0.15, 0.2) is 54.6 Å². The zero-order valence-electron chi connectivity index (χ0n) is 13.0. The lowest BCUT2D eigenvalue weighted by Crippen LogP contribution is -2.37. The summed E-state index contributed by atoms with van der Waals surface area (Å²) in [5.41, 5.74) is 0.713. The molecule has 5 nitrogen and oxygen atoms in total. The number of benzene rings is 2. The minimum atomic E-state index is -0.433. The van der Waals surface area contributed by atoms with Crippen LogP contribution in [0.1, 0.15) is 6.42 Å². The minimum absolute atomic E-state index is 0.0965. The van der Waals surface area contributed by atoms with Crippen LogP contribution in [0.5, 0.6) is 11.5 Å². The Morgan fingerprint density at radius 2 is 1.78 bits per heavy atom. The standard InChI is InChI=1S/C18H20N2O3/c1-20-12-14(21)11-17(20)18(22)19-13-7-9-16(10-8-13)23-15-5-3-2-4-6-15/h2-10,14,17,21H,11-12H2,1H3,(H,19,22)/t14-,17-/m0/s1. The van der Waals surface area contributed by atoms with Gasteiger partial charge in [0, 0.05) is 12.2 Å². The van der Waals surface area contributed by atoms with E-state index in [-0.39, 0.29) is 11.9 Å². The maximum absolute atomic E-state index is 12.3. The van der Waals surface area contributed by atoms with Gasteiger partial charge < -0.3 is 15.2 Å². The lowest BCUT2D eigenvalue weighted by Gasteiger charge is -2.18. The van der Waals surface area contributed by atoms with Crippen molar-refractivity contribution in [3.05, 3.63) is 54.6 Å². The van der Waals surface area contributed by atoms with Crippen molar-refractivity contribution in [1.29, 1.82) is 0 Å². The van der Waals surface area contributed by atoms with E-state index >= 15 is 0 Å². The molecule has 1 aliphatic rings. The maximum atomic E-state index is 12.3. The smallest absolute Gasteiger partial charge is 0.241 e. The van der Waals surface area contributed by atoms with E-state index in [1.54, 1.807) is 0 Å². The molecule has 0 radical (unpaired) electrons. The number of likely N-dealkylation sites (N-methyl/N-ethyl adjacent to an activating group) is 1. The molecule has 0 aromatic heterocycles. The van der Waals surface area contributed by atoms with Crippen molar-refractivity contribution in [2.75, 3.05) is 18.9 Å². The van der Waals surface area contributed by atoms with E-state index in [2.05, 4.69) is 5.32 Å². The monoisotopic (exact) mass is 312 g/mol. The fourth-order valence-corrected chi connectivity index (χ4v) is 2.74. The first-order chi connectivity index (χ1) is 11.1. The van der Waals surface area contributed by atoms with Crippen molar-refractivity contribution in [1.82, 2.24) is 4.90 Å². The number of carbonyl (C=O) groups excluding carboxylic acids is 1. The van der Waals surface area contributed by atoms with Crippen LogP contribution >= 0.6 is 0 Å². The van der Waals surface area contributed by atoms with E-state index in [9.17, 15) is 9.90 Å². The number of carbonyl (C=O) groups is 1. The van der Waals surface area contributed by atoms with Crippen molar-refractivity contribution >= 4 is 11.6 Å². The van der Waals surface area contributed by atoms with Gasteiger partial charge in [-0.3, -0.25) is 9.69 Å². The van der Waals surface area contributed by atoms with Gasteiger partial charge in [0.05, 0.1) is 12.1 Å². The fourth-order valence-electron chi connectivity index (χ4n) is 2.74. The molecule has 0 aliphatic carbocycles. The van der Waals surface area contributed by atoms with Crippen molar-refractivity contribution in [2.45, 2.75) is 18.6 Å². The predicted molar refractivity (Wildman–Crippen MR) is 88.6 cm³/mol. The Bertz CT molecular complexity index is 658. The highest BCUT2D eigenvalue weighted by atomic mass is 16.5. The molecule has 0 spiro atoms. The molecule has 5 heteroatoms. The van der Waals surface area contributed by atoms with Crippen LogP contribution in [0, 0.1) is 0 Å². The number of nitrogens with zero attached hydrogens (tertiary/aromatic N) is 1. The number of aliphatic hydroxyl groups is 1. The number of likely N-dealkylation sites (tertiary alicyclic amines) is 1. The van der Waals surface area contributed by atoms with E-state index in [1.807, 2.05) is 66.5 Å². The quantitative estimate of drug-likeness (QED) is 0.910. The lowest BCUT2D eigenvalue weighted by atomic mass is 10.2. The number of rotatable bonds is 4. The second-order valence-corrected chi connectivity index (χ2v) is 5.77. The summed E-state index contributed by atoms with van der Waals surface area (Å²) in [6.07, 6.45) is 0.0368. The Hall–Kier alpha value is -2.37. The average Bonchev–Trinajstić information content (AvgIpc) is 2.89. The third kappa shape index (κ3) is 3.88. The summed E-state index contributed by atoms with van der Waals surface area (Å²) >= 11 is 0. The van der Waals surface area contributed by atoms with Crippen molar-refractivity contribution in [2.24, 2.45) is 0 Å². The Balaban J connectivity index is 1.60. The zero-order valence-corrected chi connectivity index (χ0v) is 13.0. The second kappa shape index (κ2) is 6.81. The third-order valence-electron chi connectivity index (χ3n) is 3.93. The normalized spacial score (nSPS) is 21.1. The van der Waals surface area contributed by atoms with E-state index in [0.717, 1.165) is 5.75 Å². The molecule has 0 bridgehead atoms. The van der Waals surface area contributed by atoms with Crippen LogP contribution in [-0.2, 0) is 4.79 Å². The Kier molecular flexibility index (Phi) is 4.60. The maximum Gasteiger partial charge on any atom is 0.241 e. The number of hydrogen-bond acceptors (Lipinski definition) is 4. The Morgan fingerprint density at radius 1 is 1.13 bits per heavy atom. The van der Waals surface area contributed by atoms with Crippen LogP contribution in [0.3, 0.4) is 0 Å². The van der Waals surface area contributed by atoms with Crippen molar-refractivity contribution in [3.8, 4) is 11.5 Å². The van der Waals surface area contributed by atoms with Gasteiger partial charge in [0.2, 0.25) is 5.91 Å². The van der Waals surface area contributed by atoms with Crippen LogP contribution in [0.25, 0.3) is 0 Å². The molecule has 2 aromatic rings. The molecule has 0 unspecified atom stereocenters. The van der Waals surface area contributed by atoms with Gasteiger partial charge in [0.15, 0.2) is 0 Å². The first-order valence-electron chi connectivity index (χ1n) is 7.64. The number of β-amino-alcohol motifs (C(OH)–C–C–N with tert-alkyl or cyclic N) is 1. The van der Waals surface area contributed by atoms with Gasteiger partial charge in [-0.1, -0.05) is 18.2 Å². The topological polar surface area (TPSA) is 61.8 Å². The first kappa shape index (κ1) is 15.5. The van der Waals surface area contributed by atoms with Gasteiger partial charge in [0.1, 0.15) is 11.5 Å². The summed E-state index contributed by atoms with van der Waals surface area (Å²) in [6.45, 7) is 0.530.